The molecule has 1 spiro atoms. The summed E-state index contributed by atoms with van der Waals surface area (Å²) in [5.74, 6) is -0.0517. The molecule has 0 aromatic heterocycles. The highest BCUT2D eigenvalue weighted by atomic mass is 16.6. The molecule has 3 rings (SSSR count). The van der Waals surface area contributed by atoms with Gasteiger partial charge in [-0.05, 0) is 26.2 Å². The van der Waals surface area contributed by atoms with Gasteiger partial charge in [-0.2, -0.15) is 5.26 Å². The number of ketones is 2. The lowest BCUT2D eigenvalue weighted by Crippen LogP contribution is -2.53. The van der Waals surface area contributed by atoms with E-state index in [0.29, 0.717) is 25.7 Å². The number of Topliss-reactive ketones (excluding diaryl/α,β-unsaturated/α-hetero) is 2. The molecule has 18 heavy (non-hydrogen) atoms. The highest BCUT2D eigenvalue weighted by Gasteiger charge is 2.75. The molecule has 1 aliphatic heterocycles. The standard InChI is InChI=1S/C14H17NO3/c1-8(16)9-5-10(7-15)13(2)4-3-11(17)12-14(13,6-9)18-12/h9-10,12H,3-6H2,1-2H3/t9-,10+,12+,13+,14+/m0/s1. The van der Waals surface area contributed by atoms with Gasteiger partial charge in [-0.1, -0.05) is 6.92 Å². The zero-order chi connectivity index (χ0) is 13.1. The lowest BCUT2D eigenvalue weighted by atomic mass is 9.53. The largest absolute Gasteiger partial charge is 0.357 e. The maximum absolute atomic E-state index is 11.8. The minimum absolute atomic E-state index is 0.110. The third kappa shape index (κ3) is 1.23. The fourth-order valence-corrected chi connectivity index (χ4v) is 4.02. The number of rotatable bonds is 1. The number of epoxide rings is 1. The molecule has 96 valence electrons. The average Bonchev–Trinajstić information content (AvgIpc) is 3.06. The lowest BCUT2D eigenvalue weighted by molar-refractivity contribution is -0.128. The van der Waals surface area contributed by atoms with Crippen LogP contribution in [0.2, 0.25) is 0 Å². The minimum Gasteiger partial charge on any atom is -0.357 e. The van der Waals surface area contributed by atoms with Gasteiger partial charge in [0, 0.05) is 17.8 Å². The van der Waals surface area contributed by atoms with Crippen LogP contribution in [0.5, 0.6) is 0 Å². The van der Waals surface area contributed by atoms with Crippen LogP contribution in [0.1, 0.15) is 39.5 Å². The van der Waals surface area contributed by atoms with Gasteiger partial charge < -0.3 is 4.74 Å². The van der Waals surface area contributed by atoms with Crippen molar-refractivity contribution in [2.75, 3.05) is 0 Å². The quantitative estimate of drug-likeness (QED) is 0.660. The van der Waals surface area contributed by atoms with E-state index in [0.717, 1.165) is 0 Å². The van der Waals surface area contributed by atoms with Crippen molar-refractivity contribution in [3.63, 3.8) is 0 Å². The highest BCUT2D eigenvalue weighted by Crippen LogP contribution is 2.66. The first-order valence-electron chi connectivity index (χ1n) is 6.55. The molecule has 1 saturated heterocycles. The Kier molecular flexibility index (Phi) is 2.25. The highest BCUT2D eigenvalue weighted by molar-refractivity contribution is 5.89. The minimum atomic E-state index is -0.517. The smallest absolute Gasteiger partial charge is 0.164 e. The van der Waals surface area contributed by atoms with E-state index in [1.54, 1.807) is 6.92 Å². The second-order valence-electron chi connectivity index (χ2n) is 6.20. The molecule has 0 N–H and O–H groups in total. The van der Waals surface area contributed by atoms with Crippen molar-refractivity contribution in [2.24, 2.45) is 17.3 Å². The van der Waals surface area contributed by atoms with Crippen LogP contribution in [-0.2, 0) is 14.3 Å². The maximum atomic E-state index is 11.8. The van der Waals surface area contributed by atoms with Crippen LogP contribution < -0.4 is 0 Å². The van der Waals surface area contributed by atoms with E-state index >= 15 is 0 Å². The average molecular weight is 247 g/mol. The van der Waals surface area contributed by atoms with Gasteiger partial charge >= 0.3 is 0 Å². The molecule has 0 radical (unpaired) electrons. The Balaban J connectivity index is 2.00. The van der Waals surface area contributed by atoms with Crippen molar-refractivity contribution in [3.05, 3.63) is 0 Å². The molecule has 2 saturated carbocycles. The Bertz CT molecular complexity index is 480. The fraction of sp³-hybridized carbons (Fsp3) is 0.786. The van der Waals surface area contributed by atoms with E-state index in [9.17, 15) is 14.9 Å². The molecule has 0 aromatic rings. The molecule has 0 bridgehead atoms. The molecular weight excluding hydrogens is 230 g/mol. The summed E-state index contributed by atoms with van der Waals surface area (Å²) in [6, 6.07) is 2.35. The Morgan fingerprint density at radius 2 is 2.28 bits per heavy atom. The Morgan fingerprint density at radius 3 is 2.89 bits per heavy atom. The molecule has 3 fully saturated rings. The van der Waals surface area contributed by atoms with Gasteiger partial charge in [0.15, 0.2) is 5.78 Å². The predicted molar refractivity (Wildman–Crippen MR) is 62.5 cm³/mol. The third-order valence-corrected chi connectivity index (χ3v) is 5.41. The fourth-order valence-electron chi connectivity index (χ4n) is 4.02. The molecule has 0 aromatic carbocycles. The monoisotopic (exact) mass is 247 g/mol. The van der Waals surface area contributed by atoms with Crippen LogP contribution in [0.25, 0.3) is 0 Å². The number of carbonyl (C=O) groups is 2. The van der Waals surface area contributed by atoms with Crippen molar-refractivity contribution in [3.8, 4) is 6.07 Å². The van der Waals surface area contributed by atoms with Crippen molar-refractivity contribution < 1.29 is 14.3 Å². The molecule has 5 atom stereocenters. The van der Waals surface area contributed by atoms with Gasteiger partial charge in [0.1, 0.15) is 17.5 Å². The van der Waals surface area contributed by atoms with Crippen molar-refractivity contribution >= 4 is 11.6 Å². The Hall–Kier alpha value is -1.21. The van der Waals surface area contributed by atoms with Gasteiger partial charge in [-0.3, -0.25) is 9.59 Å². The first kappa shape index (κ1) is 11.9. The summed E-state index contributed by atoms with van der Waals surface area (Å²) in [5.41, 5.74) is -0.774. The zero-order valence-electron chi connectivity index (χ0n) is 10.7. The van der Waals surface area contributed by atoms with Crippen LogP contribution in [0.3, 0.4) is 0 Å². The molecule has 4 heteroatoms. The topological polar surface area (TPSA) is 70.5 Å². The maximum Gasteiger partial charge on any atom is 0.164 e. The second-order valence-corrected chi connectivity index (χ2v) is 6.20. The molecular formula is C14H17NO3. The van der Waals surface area contributed by atoms with Gasteiger partial charge in [0.05, 0.1) is 12.0 Å². The van der Waals surface area contributed by atoms with Gasteiger partial charge in [0.2, 0.25) is 0 Å². The first-order valence-corrected chi connectivity index (χ1v) is 6.55. The van der Waals surface area contributed by atoms with Gasteiger partial charge in [-0.15, -0.1) is 0 Å². The number of hydrogen-bond donors (Lipinski definition) is 0. The normalized spacial score (nSPS) is 49.8. The summed E-state index contributed by atoms with van der Waals surface area (Å²) in [4.78, 5) is 23.4. The first-order chi connectivity index (χ1) is 8.44. The molecule has 4 nitrogen and oxygen atoms in total. The Morgan fingerprint density at radius 1 is 1.56 bits per heavy atom. The van der Waals surface area contributed by atoms with Crippen molar-refractivity contribution in [1.29, 1.82) is 5.26 Å². The number of nitriles is 1. The van der Waals surface area contributed by atoms with E-state index in [4.69, 9.17) is 4.74 Å². The summed E-state index contributed by atoms with van der Waals surface area (Å²) in [6.07, 6.45) is 2.10. The molecule has 0 unspecified atom stereocenters. The number of carbonyl (C=O) groups excluding carboxylic acids is 2. The van der Waals surface area contributed by atoms with Crippen LogP contribution in [0.4, 0.5) is 0 Å². The van der Waals surface area contributed by atoms with E-state index in [-0.39, 0.29) is 34.9 Å². The molecule has 2 aliphatic carbocycles. The summed E-state index contributed by atoms with van der Waals surface area (Å²) >= 11 is 0. The Labute approximate surface area is 106 Å². The van der Waals surface area contributed by atoms with E-state index in [2.05, 4.69) is 13.0 Å². The number of ether oxygens (including phenoxy) is 1. The van der Waals surface area contributed by atoms with Crippen LogP contribution in [0.15, 0.2) is 0 Å². The van der Waals surface area contributed by atoms with Crippen LogP contribution in [0, 0.1) is 28.6 Å². The summed E-state index contributed by atoms with van der Waals surface area (Å²) < 4.78 is 5.74. The summed E-state index contributed by atoms with van der Waals surface area (Å²) in [5, 5.41) is 9.39. The van der Waals surface area contributed by atoms with Crippen molar-refractivity contribution in [2.45, 2.75) is 51.2 Å². The number of hydrogen-bond acceptors (Lipinski definition) is 4. The summed E-state index contributed by atoms with van der Waals surface area (Å²) in [6.45, 7) is 3.63. The molecule has 1 heterocycles. The second kappa shape index (κ2) is 3.42. The number of nitrogens with zero attached hydrogens (tertiary/aromatic N) is 1. The van der Waals surface area contributed by atoms with Crippen molar-refractivity contribution in [1.82, 2.24) is 0 Å². The van der Waals surface area contributed by atoms with Gasteiger partial charge in [0.25, 0.3) is 0 Å². The predicted octanol–water partition coefficient (Wildman–Crippen LogP) is 1.63. The van der Waals surface area contributed by atoms with E-state index in [1.165, 1.54) is 0 Å². The molecule has 0 amide bonds. The third-order valence-electron chi connectivity index (χ3n) is 5.41. The zero-order valence-corrected chi connectivity index (χ0v) is 10.7. The van der Waals surface area contributed by atoms with Crippen LogP contribution >= 0.6 is 0 Å². The van der Waals surface area contributed by atoms with E-state index in [1.807, 2.05) is 0 Å². The lowest BCUT2D eigenvalue weighted by Gasteiger charge is -2.47. The van der Waals surface area contributed by atoms with Gasteiger partial charge in [-0.25, -0.2) is 0 Å². The molecule has 3 aliphatic rings. The van der Waals surface area contributed by atoms with Crippen LogP contribution in [-0.4, -0.2) is 23.3 Å². The summed E-state index contributed by atoms with van der Waals surface area (Å²) in [7, 11) is 0. The van der Waals surface area contributed by atoms with E-state index < -0.39 is 5.60 Å². The SMILES string of the molecule is CC(=O)[C@H]1C[C@H](C#N)[C@@]2(C)CCC(=O)[C@H]3O[C@]32C1.